The maximum atomic E-state index is 14.6. The number of benzene rings is 3. The summed E-state index contributed by atoms with van der Waals surface area (Å²) in [6, 6.07) is 19.6. The Kier molecular flexibility index (Phi) is 5.20. The number of para-hydroxylation sites is 2. The van der Waals surface area contributed by atoms with Crippen molar-refractivity contribution in [2.75, 3.05) is 10.6 Å². The number of nitrogens with one attached hydrogen (secondary N) is 2. The third-order valence-corrected chi connectivity index (χ3v) is 6.50. The van der Waals surface area contributed by atoms with E-state index in [0.717, 1.165) is 22.6 Å². The third kappa shape index (κ3) is 3.71. The highest BCUT2D eigenvalue weighted by Crippen LogP contribution is 2.45. The summed E-state index contributed by atoms with van der Waals surface area (Å²) in [6.45, 7) is 0. The maximum Gasteiger partial charge on any atom is 0.163 e. The van der Waals surface area contributed by atoms with Gasteiger partial charge in [-0.25, -0.2) is 4.39 Å². The fourth-order valence-corrected chi connectivity index (χ4v) is 4.95. The maximum absolute atomic E-state index is 14.6. The number of ketones is 1. The molecular weight excluding hydrogens is 434 g/mol. The summed E-state index contributed by atoms with van der Waals surface area (Å²) in [5, 5.41) is 7.95. The number of anilines is 2. The Bertz CT molecular complexity index is 1190. The van der Waals surface area contributed by atoms with Crippen LogP contribution in [0.25, 0.3) is 0 Å². The second kappa shape index (κ2) is 8.03. The van der Waals surface area contributed by atoms with Crippen molar-refractivity contribution < 1.29 is 9.18 Å². The second-order valence-electron chi connectivity index (χ2n) is 7.86. The Morgan fingerprint density at radius 2 is 1.61 bits per heavy atom. The van der Waals surface area contributed by atoms with E-state index < -0.39 is 0 Å². The molecule has 0 unspecified atom stereocenters. The molecule has 2 aliphatic rings. The number of Topliss-reactive ketones (excluding diaryl/α,β-unsaturated/α-hetero) is 1. The van der Waals surface area contributed by atoms with Gasteiger partial charge in [0.1, 0.15) is 5.82 Å². The summed E-state index contributed by atoms with van der Waals surface area (Å²) in [5.41, 5.74) is 4.57. The number of hydrogen-bond donors (Lipinski definition) is 2. The van der Waals surface area contributed by atoms with Crippen molar-refractivity contribution in [3.05, 3.63) is 105 Å². The first-order valence-corrected chi connectivity index (χ1v) is 10.8. The quantitative estimate of drug-likeness (QED) is 0.435. The molecule has 0 bridgehead atoms. The van der Waals surface area contributed by atoms with Gasteiger partial charge in [-0.15, -0.1) is 0 Å². The van der Waals surface area contributed by atoms with E-state index in [1.54, 1.807) is 12.1 Å². The molecule has 5 rings (SSSR count). The van der Waals surface area contributed by atoms with Crippen molar-refractivity contribution in [2.45, 2.75) is 24.8 Å². The summed E-state index contributed by atoms with van der Waals surface area (Å²) in [6.07, 6.45) is 0.686. The molecule has 0 radical (unpaired) electrons. The number of allylic oxidation sites excluding steroid dienone is 1. The molecule has 0 saturated heterocycles. The number of fused-ring (bicyclic) bond motifs is 1. The van der Waals surface area contributed by atoms with Gasteiger partial charge >= 0.3 is 0 Å². The minimum Gasteiger partial charge on any atom is -0.372 e. The smallest absolute Gasteiger partial charge is 0.163 e. The molecule has 3 aromatic rings. The zero-order chi connectivity index (χ0) is 21.5. The van der Waals surface area contributed by atoms with Gasteiger partial charge in [-0.1, -0.05) is 53.5 Å². The lowest BCUT2D eigenvalue weighted by molar-refractivity contribution is -0.116. The first-order valence-electron chi connectivity index (χ1n) is 10.1. The fourth-order valence-electron chi connectivity index (χ4n) is 4.50. The van der Waals surface area contributed by atoms with Crippen LogP contribution < -0.4 is 10.6 Å². The third-order valence-electron chi connectivity index (χ3n) is 5.92. The van der Waals surface area contributed by atoms with Crippen molar-refractivity contribution in [3.8, 4) is 0 Å². The van der Waals surface area contributed by atoms with Crippen molar-refractivity contribution in [1.82, 2.24) is 0 Å². The SMILES string of the molecule is O=C1C[C@@H](c2c(F)cccc2Cl)CC2=C1[C@H](c1ccc(Cl)cc1)Nc1ccccc1N2. The summed E-state index contributed by atoms with van der Waals surface area (Å²) < 4.78 is 14.6. The monoisotopic (exact) mass is 452 g/mol. The van der Waals surface area contributed by atoms with Gasteiger partial charge in [0, 0.05) is 39.2 Å². The summed E-state index contributed by atoms with van der Waals surface area (Å²) >= 11 is 12.4. The lowest BCUT2D eigenvalue weighted by Gasteiger charge is -2.30. The van der Waals surface area contributed by atoms with Crippen LogP contribution in [0, 0.1) is 5.82 Å². The van der Waals surface area contributed by atoms with Crippen LogP contribution in [0.15, 0.2) is 78.0 Å². The van der Waals surface area contributed by atoms with Crippen LogP contribution in [0.3, 0.4) is 0 Å². The van der Waals surface area contributed by atoms with E-state index in [4.69, 9.17) is 23.2 Å². The van der Waals surface area contributed by atoms with E-state index in [1.165, 1.54) is 6.07 Å². The highest BCUT2D eigenvalue weighted by molar-refractivity contribution is 6.31. The molecule has 0 saturated carbocycles. The van der Waals surface area contributed by atoms with Crippen LogP contribution in [0.2, 0.25) is 10.0 Å². The van der Waals surface area contributed by atoms with E-state index in [9.17, 15) is 9.18 Å². The molecule has 3 nitrogen and oxygen atoms in total. The van der Waals surface area contributed by atoms with E-state index in [0.29, 0.717) is 27.6 Å². The molecule has 0 amide bonds. The molecule has 6 heteroatoms. The van der Waals surface area contributed by atoms with E-state index in [-0.39, 0.29) is 30.0 Å². The topological polar surface area (TPSA) is 41.1 Å². The van der Waals surface area contributed by atoms with Crippen LogP contribution in [-0.2, 0) is 4.79 Å². The molecule has 156 valence electrons. The van der Waals surface area contributed by atoms with E-state index >= 15 is 0 Å². The zero-order valence-electron chi connectivity index (χ0n) is 16.5. The lowest BCUT2D eigenvalue weighted by atomic mass is 9.78. The van der Waals surface area contributed by atoms with E-state index in [1.807, 2.05) is 48.5 Å². The van der Waals surface area contributed by atoms with Crippen LogP contribution in [0.1, 0.15) is 35.9 Å². The first-order chi connectivity index (χ1) is 15.0. The van der Waals surface area contributed by atoms with Gasteiger partial charge in [-0.3, -0.25) is 4.79 Å². The predicted octanol–water partition coefficient (Wildman–Crippen LogP) is 7.11. The molecule has 1 aliphatic carbocycles. The first kappa shape index (κ1) is 20.1. The number of rotatable bonds is 2. The summed E-state index contributed by atoms with van der Waals surface area (Å²) in [7, 11) is 0. The van der Waals surface area contributed by atoms with Crippen molar-refractivity contribution in [1.29, 1.82) is 0 Å². The number of halogens is 3. The molecule has 1 aliphatic heterocycles. The van der Waals surface area contributed by atoms with Gasteiger partial charge in [0.2, 0.25) is 0 Å². The molecule has 2 N–H and O–H groups in total. The van der Waals surface area contributed by atoms with Crippen molar-refractivity contribution >= 4 is 40.4 Å². The minimum atomic E-state index is -0.379. The van der Waals surface area contributed by atoms with Gasteiger partial charge in [-0.2, -0.15) is 0 Å². The highest BCUT2D eigenvalue weighted by Gasteiger charge is 2.37. The molecule has 0 aromatic heterocycles. The molecule has 1 heterocycles. The second-order valence-corrected chi connectivity index (χ2v) is 8.70. The van der Waals surface area contributed by atoms with Gasteiger partial charge in [-0.05, 0) is 48.4 Å². The highest BCUT2D eigenvalue weighted by atomic mass is 35.5. The Morgan fingerprint density at radius 1 is 0.871 bits per heavy atom. The molecule has 2 atom stereocenters. The van der Waals surface area contributed by atoms with Crippen molar-refractivity contribution in [2.24, 2.45) is 0 Å². The normalized spacial score (nSPS) is 20.3. The summed E-state index contributed by atoms with van der Waals surface area (Å²) in [5.74, 6) is -0.738. The molecule has 3 aromatic carbocycles. The van der Waals surface area contributed by atoms with Gasteiger partial charge in [0.25, 0.3) is 0 Å². The Balaban J connectivity index is 1.63. The minimum absolute atomic E-state index is 0.0293. The predicted molar refractivity (Wildman–Crippen MR) is 123 cm³/mol. The number of carbonyl (C=O) groups excluding carboxylic acids is 1. The van der Waals surface area contributed by atoms with Crippen LogP contribution in [0.5, 0.6) is 0 Å². The van der Waals surface area contributed by atoms with Crippen LogP contribution >= 0.6 is 23.2 Å². The van der Waals surface area contributed by atoms with Gasteiger partial charge in [0.15, 0.2) is 5.78 Å². The number of hydrogen-bond acceptors (Lipinski definition) is 3. The Hall–Kier alpha value is -2.82. The van der Waals surface area contributed by atoms with E-state index in [2.05, 4.69) is 10.6 Å². The lowest BCUT2D eigenvalue weighted by Crippen LogP contribution is -2.27. The fraction of sp³-hybridized carbons (Fsp3) is 0.160. The van der Waals surface area contributed by atoms with Crippen LogP contribution in [0.4, 0.5) is 15.8 Å². The Morgan fingerprint density at radius 3 is 2.35 bits per heavy atom. The van der Waals surface area contributed by atoms with Gasteiger partial charge in [0.05, 0.1) is 17.4 Å². The molecule has 31 heavy (non-hydrogen) atoms. The average Bonchev–Trinajstić information content (AvgIpc) is 2.91. The van der Waals surface area contributed by atoms with Gasteiger partial charge < -0.3 is 10.6 Å². The van der Waals surface area contributed by atoms with Crippen molar-refractivity contribution in [3.63, 3.8) is 0 Å². The zero-order valence-corrected chi connectivity index (χ0v) is 18.0. The average molecular weight is 453 g/mol. The largest absolute Gasteiger partial charge is 0.372 e. The number of carbonyl (C=O) groups is 1. The standard InChI is InChI=1S/C25H19Cl2FN2O/c26-16-10-8-14(9-11-16)25-24-21(29-19-6-1-2-7-20(19)30-25)12-15(13-22(24)31)23-17(27)4-3-5-18(23)28/h1-11,15,25,29-30H,12-13H2/t15-,25-/m0/s1. The Labute approximate surface area is 189 Å². The van der Waals surface area contributed by atoms with Crippen LogP contribution in [-0.4, -0.2) is 5.78 Å². The molecule has 0 spiro atoms. The summed E-state index contributed by atoms with van der Waals surface area (Å²) in [4.78, 5) is 13.5. The molecular formula is C25H19Cl2FN2O. The molecule has 0 fully saturated rings.